The van der Waals surface area contributed by atoms with Crippen molar-refractivity contribution in [3.05, 3.63) is 30.7 Å². The predicted octanol–water partition coefficient (Wildman–Crippen LogP) is 2.30. The Morgan fingerprint density at radius 2 is 1.70 bits per heavy atom. The maximum atomic E-state index is 11.9. The molecule has 250 valence electrons. The number of piperazine rings is 1. The van der Waals surface area contributed by atoms with Crippen molar-refractivity contribution in [1.29, 1.82) is 0 Å². The number of nitrogens with one attached hydrogen (secondary N) is 2. The molecule has 0 unspecified atom stereocenters. The lowest BCUT2D eigenvalue weighted by Crippen LogP contribution is -2.45. The summed E-state index contributed by atoms with van der Waals surface area (Å²) < 4.78 is 44.2. The molecule has 1 aliphatic carbocycles. The summed E-state index contributed by atoms with van der Waals surface area (Å²) in [4.78, 5) is 25.3. The predicted molar refractivity (Wildman–Crippen MR) is 177 cm³/mol. The van der Waals surface area contributed by atoms with Crippen molar-refractivity contribution in [3.8, 4) is 11.6 Å². The summed E-state index contributed by atoms with van der Waals surface area (Å²) in [6.07, 6.45) is 9.85. The molecule has 5 heterocycles. The Morgan fingerprint density at radius 1 is 0.957 bits per heavy atom. The first-order valence-corrected chi connectivity index (χ1v) is 18.0. The summed E-state index contributed by atoms with van der Waals surface area (Å²) in [6.45, 7) is 9.42. The zero-order chi connectivity index (χ0) is 31.9. The molecular weight excluding hydrogens is 610 g/mol. The molecule has 3 aromatic heterocycles. The lowest BCUT2D eigenvalue weighted by Gasteiger charge is -2.32. The zero-order valence-corrected chi connectivity index (χ0v) is 27.5. The Hall–Kier alpha value is -3.53. The van der Waals surface area contributed by atoms with Gasteiger partial charge in [0.1, 0.15) is 18.5 Å². The lowest BCUT2D eigenvalue weighted by molar-refractivity contribution is 0.121. The topological polar surface area (TPSA) is 147 Å². The van der Waals surface area contributed by atoms with Gasteiger partial charge in [-0.3, -0.25) is 14.6 Å². The SMILES string of the molecule is CN1CCN(CCOc2cnc(NCC3CCC(Oc4nc(N5CCOCC5)cc5ncc(NS(C)(=O)=O)cc45)CC3)nc2)CC1. The van der Waals surface area contributed by atoms with Crippen LogP contribution in [-0.2, 0) is 14.8 Å². The smallest absolute Gasteiger partial charge is 0.229 e. The average Bonchev–Trinajstić information content (AvgIpc) is 3.06. The minimum Gasteiger partial charge on any atom is -0.489 e. The average molecular weight is 656 g/mol. The Morgan fingerprint density at radius 3 is 2.41 bits per heavy atom. The second-order valence-corrected chi connectivity index (χ2v) is 14.2. The van der Waals surface area contributed by atoms with Gasteiger partial charge in [-0.1, -0.05) is 0 Å². The molecule has 2 N–H and O–H groups in total. The van der Waals surface area contributed by atoms with Crippen LogP contribution in [0.15, 0.2) is 30.7 Å². The van der Waals surface area contributed by atoms with Gasteiger partial charge >= 0.3 is 0 Å². The fraction of sp³-hybridized carbons (Fsp3) is 0.613. The minimum absolute atomic E-state index is 0.00283. The van der Waals surface area contributed by atoms with Gasteiger partial charge in [-0.05, 0) is 44.7 Å². The van der Waals surface area contributed by atoms with E-state index in [1.165, 1.54) is 6.20 Å². The van der Waals surface area contributed by atoms with Crippen LogP contribution < -0.4 is 24.4 Å². The number of ether oxygens (including phenoxy) is 3. The first-order valence-electron chi connectivity index (χ1n) is 16.1. The maximum absolute atomic E-state index is 11.9. The molecule has 15 heteroatoms. The van der Waals surface area contributed by atoms with Crippen molar-refractivity contribution < 1.29 is 22.6 Å². The Kier molecular flexibility index (Phi) is 10.5. The van der Waals surface area contributed by atoms with Crippen LogP contribution in [-0.4, -0.2) is 130 Å². The van der Waals surface area contributed by atoms with Gasteiger partial charge in [-0.15, -0.1) is 0 Å². The summed E-state index contributed by atoms with van der Waals surface area (Å²) in [6, 6.07) is 3.67. The molecular formula is C31H45N9O5S. The van der Waals surface area contributed by atoms with E-state index in [4.69, 9.17) is 19.2 Å². The van der Waals surface area contributed by atoms with Crippen LogP contribution in [0, 0.1) is 5.92 Å². The quantitative estimate of drug-likeness (QED) is 0.294. The van der Waals surface area contributed by atoms with Crippen LogP contribution in [0.25, 0.3) is 10.9 Å². The Bertz CT molecular complexity index is 1540. The number of rotatable bonds is 12. The van der Waals surface area contributed by atoms with Crippen LogP contribution in [0.5, 0.6) is 11.6 Å². The highest BCUT2D eigenvalue weighted by molar-refractivity contribution is 7.92. The number of pyridine rings is 2. The third kappa shape index (κ3) is 9.05. The van der Waals surface area contributed by atoms with Gasteiger partial charge in [0.2, 0.25) is 21.9 Å². The zero-order valence-electron chi connectivity index (χ0n) is 26.7. The summed E-state index contributed by atoms with van der Waals surface area (Å²) in [7, 11) is -1.29. The first-order chi connectivity index (χ1) is 22.3. The molecule has 1 saturated carbocycles. The van der Waals surface area contributed by atoms with Crippen molar-refractivity contribution >= 4 is 38.4 Å². The summed E-state index contributed by atoms with van der Waals surface area (Å²) in [5.41, 5.74) is 1.08. The van der Waals surface area contributed by atoms with Crippen molar-refractivity contribution in [3.63, 3.8) is 0 Å². The van der Waals surface area contributed by atoms with Crippen molar-refractivity contribution in [2.75, 3.05) is 100 Å². The monoisotopic (exact) mass is 655 g/mol. The van der Waals surface area contributed by atoms with Crippen molar-refractivity contribution in [2.24, 2.45) is 5.92 Å². The molecule has 3 aromatic rings. The molecule has 0 aromatic carbocycles. The highest BCUT2D eigenvalue weighted by atomic mass is 32.2. The van der Waals surface area contributed by atoms with E-state index in [2.05, 4.69) is 46.7 Å². The summed E-state index contributed by atoms with van der Waals surface area (Å²) >= 11 is 0. The minimum atomic E-state index is -3.45. The van der Waals surface area contributed by atoms with Crippen molar-refractivity contribution in [1.82, 2.24) is 29.7 Å². The molecule has 3 aliphatic rings. The third-order valence-electron chi connectivity index (χ3n) is 8.79. The van der Waals surface area contributed by atoms with E-state index < -0.39 is 10.0 Å². The number of aromatic nitrogens is 4. The van der Waals surface area contributed by atoms with E-state index in [1.807, 2.05) is 6.07 Å². The van der Waals surface area contributed by atoms with E-state index in [9.17, 15) is 8.42 Å². The molecule has 0 bridgehead atoms. The summed E-state index contributed by atoms with van der Waals surface area (Å²) in [5, 5.41) is 4.07. The van der Waals surface area contributed by atoms with Gasteiger partial charge in [0.15, 0.2) is 5.75 Å². The van der Waals surface area contributed by atoms with Crippen molar-refractivity contribution in [2.45, 2.75) is 31.8 Å². The van der Waals surface area contributed by atoms with Crippen LogP contribution >= 0.6 is 0 Å². The lowest BCUT2D eigenvalue weighted by atomic mass is 9.87. The molecule has 46 heavy (non-hydrogen) atoms. The van der Waals surface area contributed by atoms with Gasteiger partial charge in [0.05, 0.1) is 54.7 Å². The van der Waals surface area contributed by atoms with Gasteiger partial charge in [0.25, 0.3) is 0 Å². The van der Waals surface area contributed by atoms with Crippen LogP contribution in [0.1, 0.15) is 25.7 Å². The molecule has 2 saturated heterocycles. The largest absolute Gasteiger partial charge is 0.489 e. The molecule has 0 amide bonds. The highest BCUT2D eigenvalue weighted by Crippen LogP contribution is 2.33. The molecule has 0 atom stereocenters. The van der Waals surface area contributed by atoms with Gasteiger partial charge < -0.3 is 29.3 Å². The summed E-state index contributed by atoms with van der Waals surface area (Å²) in [5.74, 6) is 3.02. The Balaban J connectivity index is 1.01. The first kappa shape index (κ1) is 32.4. The third-order valence-corrected chi connectivity index (χ3v) is 9.40. The number of nitrogens with zero attached hydrogens (tertiary/aromatic N) is 7. The van der Waals surface area contributed by atoms with Gasteiger partial charge in [0, 0.05) is 58.4 Å². The van der Waals surface area contributed by atoms with E-state index in [0.29, 0.717) is 59.9 Å². The van der Waals surface area contributed by atoms with Gasteiger partial charge in [-0.2, -0.15) is 4.98 Å². The second kappa shape index (κ2) is 14.9. The van der Waals surface area contributed by atoms with E-state index >= 15 is 0 Å². The number of hydrogen-bond acceptors (Lipinski definition) is 13. The van der Waals surface area contributed by atoms with E-state index in [1.54, 1.807) is 18.5 Å². The van der Waals surface area contributed by atoms with Crippen LogP contribution in [0.4, 0.5) is 17.5 Å². The molecule has 0 radical (unpaired) electrons. The fourth-order valence-corrected chi connectivity index (χ4v) is 6.63. The number of morpholine rings is 1. The maximum Gasteiger partial charge on any atom is 0.229 e. The number of fused-ring (bicyclic) bond motifs is 1. The van der Waals surface area contributed by atoms with Gasteiger partial charge in [-0.25, -0.2) is 18.4 Å². The molecule has 0 spiro atoms. The number of sulfonamides is 1. The fourth-order valence-electron chi connectivity index (χ4n) is 6.09. The second-order valence-electron chi connectivity index (χ2n) is 12.4. The highest BCUT2D eigenvalue weighted by Gasteiger charge is 2.25. The normalized spacial score (nSPS) is 21.7. The van der Waals surface area contributed by atoms with E-state index in [0.717, 1.165) is 90.1 Å². The standard InChI is InChI=1S/C31H45N9O5S/c1-38-7-9-39(10-8-38)11-16-44-26-21-34-31(35-22-26)33-19-23-3-5-25(6-4-23)45-30-27-17-24(37-46(2,41)42)20-32-28(27)18-29(36-30)40-12-14-43-15-13-40/h17-18,20-23,25,37H,3-16,19H2,1-2H3,(H,33,34,35). The number of hydrogen-bond donors (Lipinski definition) is 2. The molecule has 6 rings (SSSR count). The van der Waals surface area contributed by atoms with E-state index in [-0.39, 0.29) is 6.10 Å². The van der Waals surface area contributed by atoms with Crippen LogP contribution in [0.2, 0.25) is 0 Å². The number of anilines is 3. The Labute approximate surface area is 270 Å². The molecule has 2 aliphatic heterocycles. The molecule has 3 fully saturated rings. The number of likely N-dealkylation sites (N-methyl/N-ethyl adjacent to an activating group) is 1. The molecule has 14 nitrogen and oxygen atoms in total. The van der Waals surface area contributed by atoms with Crippen LogP contribution in [0.3, 0.4) is 0 Å².